The maximum absolute atomic E-state index is 12.2. The van der Waals surface area contributed by atoms with Gasteiger partial charge in [0.15, 0.2) is 5.13 Å². The zero-order valence-electron chi connectivity index (χ0n) is 10.9. The van der Waals surface area contributed by atoms with Gasteiger partial charge < -0.3 is 5.32 Å². The highest BCUT2D eigenvalue weighted by Crippen LogP contribution is 2.28. The van der Waals surface area contributed by atoms with E-state index in [9.17, 15) is 18.5 Å². The molecule has 0 aliphatic rings. The standard InChI is InChI=1S/C11H12N4O4S2/c1-2-12-9-7-8(3-4-10(9)15(16)17)21(18,19)14-11-13-5-6-20-11/h3-7,12H,2H2,1H3,(H,13,14). The minimum absolute atomic E-state index is 0.0701. The second-order valence-corrected chi connectivity index (χ2v) is 6.49. The Morgan fingerprint density at radius 3 is 2.76 bits per heavy atom. The lowest BCUT2D eigenvalue weighted by Crippen LogP contribution is -2.13. The molecule has 112 valence electrons. The van der Waals surface area contributed by atoms with Gasteiger partial charge in [0.2, 0.25) is 0 Å². The lowest BCUT2D eigenvalue weighted by Gasteiger charge is -2.09. The number of sulfonamides is 1. The number of nitro benzene ring substituents is 1. The number of thiazole rings is 1. The van der Waals surface area contributed by atoms with Crippen LogP contribution in [-0.2, 0) is 10.0 Å². The predicted molar refractivity (Wildman–Crippen MR) is 80.2 cm³/mol. The summed E-state index contributed by atoms with van der Waals surface area (Å²) in [6, 6.07) is 3.58. The van der Waals surface area contributed by atoms with Crippen molar-refractivity contribution < 1.29 is 13.3 Å². The molecule has 2 aromatic rings. The monoisotopic (exact) mass is 328 g/mol. The van der Waals surface area contributed by atoms with Crippen LogP contribution in [0.2, 0.25) is 0 Å². The first kappa shape index (κ1) is 15.2. The van der Waals surface area contributed by atoms with Crippen molar-refractivity contribution in [3.63, 3.8) is 0 Å². The van der Waals surface area contributed by atoms with Crippen molar-refractivity contribution in [1.82, 2.24) is 4.98 Å². The first-order valence-electron chi connectivity index (χ1n) is 5.88. The summed E-state index contributed by atoms with van der Waals surface area (Å²) in [4.78, 5) is 14.1. The lowest BCUT2D eigenvalue weighted by atomic mass is 10.2. The van der Waals surface area contributed by atoms with E-state index in [1.54, 1.807) is 12.3 Å². The number of nitro groups is 1. The van der Waals surface area contributed by atoms with E-state index in [1.165, 1.54) is 18.3 Å². The van der Waals surface area contributed by atoms with Crippen LogP contribution in [0.4, 0.5) is 16.5 Å². The molecule has 1 aromatic heterocycles. The zero-order valence-corrected chi connectivity index (χ0v) is 12.6. The first-order valence-corrected chi connectivity index (χ1v) is 8.25. The van der Waals surface area contributed by atoms with Crippen molar-refractivity contribution in [3.05, 3.63) is 39.9 Å². The van der Waals surface area contributed by atoms with Gasteiger partial charge in [0.05, 0.1) is 9.82 Å². The Labute approximate surface area is 125 Å². The van der Waals surface area contributed by atoms with Crippen LogP contribution < -0.4 is 10.0 Å². The number of aromatic nitrogens is 1. The van der Waals surface area contributed by atoms with E-state index < -0.39 is 14.9 Å². The number of benzene rings is 1. The highest BCUT2D eigenvalue weighted by molar-refractivity contribution is 7.93. The van der Waals surface area contributed by atoms with Crippen LogP contribution in [0.5, 0.6) is 0 Å². The van der Waals surface area contributed by atoms with Gasteiger partial charge in [-0.2, -0.15) is 0 Å². The quantitative estimate of drug-likeness (QED) is 0.621. The highest BCUT2D eigenvalue weighted by atomic mass is 32.2. The van der Waals surface area contributed by atoms with E-state index in [2.05, 4.69) is 15.0 Å². The van der Waals surface area contributed by atoms with Gasteiger partial charge in [0.25, 0.3) is 15.7 Å². The van der Waals surface area contributed by atoms with E-state index >= 15 is 0 Å². The molecule has 0 radical (unpaired) electrons. The number of nitrogens with zero attached hydrogens (tertiary/aromatic N) is 2. The summed E-state index contributed by atoms with van der Waals surface area (Å²) in [5, 5.41) is 15.6. The fraction of sp³-hybridized carbons (Fsp3) is 0.182. The molecule has 0 saturated heterocycles. The molecule has 0 atom stereocenters. The number of anilines is 2. The fourth-order valence-electron chi connectivity index (χ4n) is 1.62. The van der Waals surface area contributed by atoms with Gasteiger partial charge in [-0.3, -0.25) is 14.8 Å². The van der Waals surface area contributed by atoms with Crippen molar-refractivity contribution in [2.24, 2.45) is 0 Å². The number of rotatable bonds is 6. The molecule has 1 aromatic carbocycles. The number of nitrogens with one attached hydrogen (secondary N) is 2. The normalized spacial score (nSPS) is 11.1. The van der Waals surface area contributed by atoms with Gasteiger partial charge in [0.1, 0.15) is 5.69 Å². The third kappa shape index (κ3) is 3.47. The second-order valence-electron chi connectivity index (χ2n) is 3.91. The van der Waals surface area contributed by atoms with Gasteiger partial charge in [-0.25, -0.2) is 13.4 Å². The highest BCUT2D eigenvalue weighted by Gasteiger charge is 2.21. The molecule has 1 heterocycles. The van der Waals surface area contributed by atoms with Crippen LogP contribution in [-0.4, -0.2) is 24.9 Å². The van der Waals surface area contributed by atoms with E-state index in [0.29, 0.717) is 6.54 Å². The topological polar surface area (TPSA) is 114 Å². The van der Waals surface area contributed by atoms with E-state index in [0.717, 1.165) is 17.4 Å². The molecule has 0 bridgehead atoms. The fourth-order valence-corrected chi connectivity index (χ4v) is 3.44. The molecule has 0 unspecified atom stereocenters. The minimum Gasteiger partial charge on any atom is -0.380 e. The van der Waals surface area contributed by atoms with Crippen LogP contribution in [0.15, 0.2) is 34.7 Å². The summed E-state index contributed by atoms with van der Waals surface area (Å²) in [5.41, 5.74) is -0.0189. The van der Waals surface area contributed by atoms with Crippen LogP contribution >= 0.6 is 11.3 Å². The summed E-state index contributed by atoms with van der Waals surface area (Å²) >= 11 is 1.14. The summed E-state index contributed by atoms with van der Waals surface area (Å²) < 4.78 is 26.7. The molecular weight excluding hydrogens is 316 g/mol. The molecular formula is C11H12N4O4S2. The predicted octanol–water partition coefficient (Wildman–Crippen LogP) is 2.28. The van der Waals surface area contributed by atoms with Crippen molar-refractivity contribution >= 4 is 37.9 Å². The smallest absolute Gasteiger partial charge is 0.292 e. The summed E-state index contributed by atoms with van der Waals surface area (Å²) in [5.74, 6) is 0. The SMILES string of the molecule is CCNc1cc(S(=O)(=O)Nc2nccs2)ccc1[N+](=O)[O-]. The Kier molecular flexibility index (Phi) is 4.38. The number of hydrogen-bond acceptors (Lipinski definition) is 7. The minimum atomic E-state index is -3.83. The van der Waals surface area contributed by atoms with Crippen molar-refractivity contribution in [3.8, 4) is 0 Å². The van der Waals surface area contributed by atoms with E-state index in [4.69, 9.17) is 0 Å². The molecule has 0 amide bonds. The van der Waals surface area contributed by atoms with Gasteiger partial charge >= 0.3 is 0 Å². The molecule has 10 heteroatoms. The maximum Gasteiger partial charge on any atom is 0.292 e. The van der Waals surface area contributed by atoms with Crippen LogP contribution in [0, 0.1) is 10.1 Å². The molecule has 0 spiro atoms. The zero-order chi connectivity index (χ0) is 15.5. The van der Waals surface area contributed by atoms with Gasteiger partial charge in [-0.05, 0) is 19.1 Å². The molecule has 2 N–H and O–H groups in total. The summed E-state index contributed by atoms with van der Waals surface area (Å²) in [6.07, 6.45) is 1.47. The van der Waals surface area contributed by atoms with Gasteiger partial charge in [-0.15, -0.1) is 11.3 Å². The van der Waals surface area contributed by atoms with Gasteiger partial charge in [0, 0.05) is 24.2 Å². The van der Waals surface area contributed by atoms with Crippen LogP contribution in [0.25, 0.3) is 0 Å². The molecule has 0 fully saturated rings. The molecule has 21 heavy (non-hydrogen) atoms. The lowest BCUT2D eigenvalue weighted by molar-refractivity contribution is -0.384. The second kappa shape index (κ2) is 6.06. The Hall–Kier alpha value is -2.20. The molecule has 0 aliphatic heterocycles. The maximum atomic E-state index is 12.2. The molecule has 0 aliphatic carbocycles. The first-order chi connectivity index (χ1) is 9.94. The van der Waals surface area contributed by atoms with Crippen molar-refractivity contribution in [2.75, 3.05) is 16.6 Å². The third-order valence-electron chi connectivity index (χ3n) is 2.50. The third-order valence-corrected chi connectivity index (χ3v) is 4.65. The van der Waals surface area contributed by atoms with Gasteiger partial charge in [-0.1, -0.05) is 0 Å². The summed E-state index contributed by atoms with van der Waals surface area (Å²) in [6.45, 7) is 2.20. The average Bonchev–Trinajstić information content (AvgIpc) is 2.91. The molecule has 0 saturated carbocycles. The Balaban J connectivity index is 2.39. The van der Waals surface area contributed by atoms with E-state index in [-0.39, 0.29) is 21.4 Å². The van der Waals surface area contributed by atoms with Crippen molar-refractivity contribution in [1.29, 1.82) is 0 Å². The molecule has 8 nitrogen and oxygen atoms in total. The largest absolute Gasteiger partial charge is 0.380 e. The van der Waals surface area contributed by atoms with Crippen molar-refractivity contribution in [2.45, 2.75) is 11.8 Å². The Morgan fingerprint density at radius 2 is 2.19 bits per heavy atom. The summed E-state index contributed by atoms with van der Waals surface area (Å²) in [7, 11) is -3.83. The molecule has 2 rings (SSSR count). The Morgan fingerprint density at radius 1 is 1.43 bits per heavy atom. The number of hydrogen-bond donors (Lipinski definition) is 2. The Bertz CT molecular complexity index is 744. The van der Waals surface area contributed by atoms with Crippen LogP contribution in [0.1, 0.15) is 6.92 Å². The van der Waals surface area contributed by atoms with E-state index in [1.807, 2.05) is 0 Å². The average molecular weight is 328 g/mol. The van der Waals surface area contributed by atoms with Crippen LogP contribution in [0.3, 0.4) is 0 Å².